The highest BCUT2D eigenvalue weighted by atomic mass is 16.7. The summed E-state index contributed by atoms with van der Waals surface area (Å²) >= 11 is 0. The third-order valence-corrected chi connectivity index (χ3v) is 4.55. The first-order chi connectivity index (χ1) is 13.3. The third-order valence-electron chi connectivity index (χ3n) is 4.55. The average molecular weight is 384 g/mol. The number of allylic oxidation sites excluding steroid dienone is 2. The fourth-order valence-electron chi connectivity index (χ4n) is 2.89. The quantitative estimate of drug-likeness (QED) is 0.153. The molecule has 5 nitrogen and oxygen atoms in total. The molecule has 0 heterocycles. The number of hydrogen-bond donors (Lipinski definition) is 3. The fraction of sp³-hybridized carbons (Fsp3) is 0.864. The van der Waals surface area contributed by atoms with Crippen molar-refractivity contribution in [2.45, 2.75) is 96.8 Å². The molecule has 5 heteroatoms. The molecule has 27 heavy (non-hydrogen) atoms. The summed E-state index contributed by atoms with van der Waals surface area (Å²) in [5, 5.41) is 3.13. The Morgan fingerprint density at radius 3 is 2.04 bits per heavy atom. The molecule has 0 unspecified atom stereocenters. The third kappa shape index (κ3) is 23.1. The highest BCUT2D eigenvalue weighted by molar-refractivity contribution is 5.68. The second-order valence-corrected chi connectivity index (χ2v) is 7.24. The molecule has 0 atom stereocenters. The van der Waals surface area contributed by atoms with E-state index in [1.807, 2.05) is 0 Å². The topological polar surface area (TPSA) is 76.4 Å². The van der Waals surface area contributed by atoms with Crippen LogP contribution >= 0.6 is 0 Å². The van der Waals surface area contributed by atoms with Gasteiger partial charge in [-0.15, -0.1) is 0 Å². The maximum atomic E-state index is 11.5. The van der Waals surface area contributed by atoms with Gasteiger partial charge in [0.05, 0.1) is 0 Å². The summed E-state index contributed by atoms with van der Waals surface area (Å²) in [6.07, 6.45) is 21.6. The van der Waals surface area contributed by atoms with Crippen LogP contribution in [0.25, 0.3) is 0 Å². The van der Waals surface area contributed by atoms with Gasteiger partial charge in [0.2, 0.25) is 0 Å². The molecule has 0 aromatic rings. The monoisotopic (exact) mass is 383 g/mol. The molecule has 0 rings (SSSR count). The summed E-state index contributed by atoms with van der Waals surface area (Å²) in [6, 6.07) is 0. The van der Waals surface area contributed by atoms with Crippen molar-refractivity contribution in [3.8, 4) is 0 Å². The molecule has 0 amide bonds. The molecule has 0 aliphatic rings. The van der Waals surface area contributed by atoms with Crippen LogP contribution in [-0.4, -0.2) is 32.1 Å². The molecule has 160 valence electrons. The van der Waals surface area contributed by atoms with Crippen LogP contribution in [0.4, 0.5) is 0 Å². The lowest BCUT2D eigenvalue weighted by Crippen LogP contribution is -2.31. The van der Waals surface area contributed by atoms with E-state index in [0.717, 1.165) is 25.9 Å². The maximum Gasteiger partial charge on any atom is 0.324 e. The normalized spacial score (nSPS) is 11.3. The summed E-state index contributed by atoms with van der Waals surface area (Å²) in [4.78, 5) is 16.5. The van der Waals surface area contributed by atoms with E-state index >= 15 is 0 Å². The second kappa shape index (κ2) is 23.1. The van der Waals surface area contributed by atoms with E-state index in [2.05, 4.69) is 29.9 Å². The van der Waals surface area contributed by atoms with Crippen LogP contribution in [0.5, 0.6) is 0 Å². The van der Waals surface area contributed by atoms with E-state index in [4.69, 9.17) is 10.6 Å². The molecule has 0 aliphatic carbocycles. The predicted molar refractivity (Wildman–Crippen MR) is 115 cm³/mol. The minimum absolute atomic E-state index is 0.161. The molecule has 0 saturated carbocycles. The fourth-order valence-corrected chi connectivity index (χ4v) is 2.89. The van der Waals surface area contributed by atoms with E-state index in [9.17, 15) is 4.79 Å². The first-order valence-corrected chi connectivity index (χ1v) is 11.3. The molecular formula is C22H45N3O2. The van der Waals surface area contributed by atoms with Gasteiger partial charge >= 0.3 is 5.97 Å². The molecule has 4 N–H and O–H groups in total. The molecule has 0 aromatic carbocycles. The first kappa shape index (κ1) is 26.1. The Morgan fingerprint density at radius 1 is 0.815 bits per heavy atom. The standard InChI is InChI=1S/C22H45N3O2/c1-2-3-4-5-6-7-8-9-10-11-12-13-14-15-16-17-22(26)27-25-21-20-24-19-18-23/h9-10,24-25H,2-8,11-21,23H2,1H3/b10-9-. The number of hydrogen-bond acceptors (Lipinski definition) is 5. The number of rotatable bonds is 21. The van der Waals surface area contributed by atoms with Crippen LogP contribution in [0.15, 0.2) is 12.2 Å². The lowest BCUT2D eigenvalue weighted by molar-refractivity contribution is -0.151. The smallest absolute Gasteiger partial charge is 0.324 e. The Labute approximate surface area is 167 Å². The largest absolute Gasteiger partial charge is 0.371 e. The van der Waals surface area contributed by atoms with Gasteiger partial charge in [-0.05, 0) is 32.1 Å². The van der Waals surface area contributed by atoms with Gasteiger partial charge in [-0.3, -0.25) is 4.79 Å². The van der Waals surface area contributed by atoms with Gasteiger partial charge in [0.15, 0.2) is 0 Å². The average Bonchev–Trinajstić information content (AvgIpc) is 2.67. The Kier molecular flexibility index (Phi) is 22.4. The summed E-state index contributed by atoms with van der Waals surface area (Å²) in [5.74, 6) is -0.161. The van der Waals surface area contributed by atoms with Gasteiger partial charge in [0, 0.05) is 32.6 Å². The van der Waals surface area contributed by atoms with Crippen molar-refractivity contribution in [2.24, 2.45) is 5.73 Å². The lowest BCUT2D eigenvalue weighted by atomic mass is 10.1. The Balaban J connectivity index is 3.19. The van der Waals surface area contributed by atoms with Crippen molar-refractivity contribution < 1.29 is 9.63 Å². The zero-order valence-electron chi connectivity index (χ0n) is 17.8. The summed E-state index contributed by atoms with van der Waals surface area (Å²) in [7, 11) is 0. The highest BCUT2D eigenvalue weighted by Gasteiger charge is 2.02. The molecule has 0 radical (unpaired) electrons. The first-order valence-electron chi connectivity index (χ1n) is 11.3. The number of hydroxylamine groups is 1. The molecule has 0 saturated heterocycles. The van der Waals surface area contributed by atoms with Gasteiger partial charge in [0.1, 0.15) is 0 Å². The maximum absolute atomic E-state index is 11.5. The van der Waals surface area contributed by atoms with Crippen LogP contribution < -0.4 is 16.5 Å². The minimum atomic E-state index is -0.161. The van der Waals surface area contributed by atoms with Crippen LogP contribution in [-0.2, 0) is 9.63 Å². The number of nitrogens with two attached hydrogens (primary N) is 1. The number of nitrogens with one attached hydrogen (secondary N) is 2. The van der Waals surface area contributed by atoms with Crippen molar-refractivity contribution in [1.29, 1.82) is 0 Å². The summed E-state index contributed by atoms with van der Waals surface area (Å²) < 4.78 is 0. The number of carbonyl (C=O) groups is 1. The van der Waals surface area contributed by atoms with Crippen molar-refractivity contribution in [3.63, 3.8) is 0 Å². The SMILES string of the molecule is CCCCCCCC/C=C\CCCCCCCC(=O)ONCCNCCN. The van der Waals surface area contributed by atoms with Crippen LogP contribution in [0.2, 0.25) is 0 Å². The molecule has 0 spiro atoms. The van der Waals surface area contributed by atoms with Gasteiger partial charge in [-0.1, -0.05) is 70.4 Å². The van der Waals surface area contributed by atoms with Gasteiger partial charge in [-0.2, -0.15) is 5.48 Å². The van der Waals surface area contributed by atoms with Crippen molar-refractivity contribution in [3.05, 3.63) is 12.2 Å². The van der Waals surface area contributed by atoms with E-state index < -0.39 is 0 Å². The van der Waals surface area contributed by atoms with Crippen molar-refractivity contribution in [1.82, 2.24) is 10.8 Å². The molecule has 0 aliphatic heterocycles. The molecule has 0 fully saturated rings. The van der Waals surface area contributed by atoms with E-state index in [1.165, 1.54) is 70.6 Å². The Bertz CT molecular complexity index is 336. The number of carbonyl (C=O) groups excluding carboxylic acids is 1. The van der Waals surface area contributed by atoms with E-state index in [0.29, 0.717) is 19.5 Å². The van der Waals surface area contributed by atoms with E-state index in [-0.39, 0.29) is 5.97 Å². The van der Waals surface area contributed by atoms with Crippen molar-refractivity contribution in [2.75, 3.05) is 26.2 Å². The van der Waals surface area contributed by atoms with Crippen LogP contribution in [0.1, 0.15) is 96.8 Å². The summed E-state index contributed by atoms with van der Waals surface area (Å²) in [6.45, 7) is 5.02. The molecule has 0 bridgehead atoms. The van der Waals surface area contributed by atoms with E-state index in [1.54, 1.807) is 0 Å². The van der Waals surface area contributed by atoms with Gasteiger partial charge in [0.25, 0.3) is 0 Å². The zero-order chi connectivity index (χ0) is 19.8. The number of unbranched alkanes of at least 4 members (excludes halogenated alkanes) is 11. The lowest BCUT2D eigenvalue weighted by Gasteiger charge is -2.06. The predicted octanol–water partition coefficient (Wildman–Crippen LogP) is 4.62. The minimum Gasteiger partial charge on any atom is -0.371 e. The molecule has 0 aromatic heterocycles. The van der Waals surface area contributed by atoms with Gasteiger partial charge in [-0.25, -0.2) is 0 Å². The second-order valence-electron chi connectivity index (χ2n) is 7.24. The highest BCUT2D eigenvalue weighted by Crippen LogP contribution is 2.10. The Morgan fingerprint density at radius 2 is 1.41 bits per heavy atom. The van der Waals surface area contributed by atoms with Gasteiger partial charge < -0.3 is 15.9 Å². The Hall–Kier alpha value is -0.910. The van der Waals surface area contributed by atoms with Crippen LogP contribution in [0.3, 0.4) is 0 Å². The van der Waals surface area contributed by atoms with Crippen LogP contribution in [0, 0.1) is 0 Å². The summed E-state index contributed by atoms with van der Waals surface area (Å²) in [5.41, 5.74) is 8.05. The van der Waals surface area contributed by atoms with Crippen molar-refractivity contribution >= 4 is 5.97 Å². The zero-order valence-corrected chi connectivity index (χ0v) is 17.8. The molecular weight excluding hydrogens is 338 g/mol.